The molecule has 5 nitrogen and oxygen atoms in total. The maximum absolute atomic E-state index is 4.94. The average Bonchev–Trinajstić information content (AvgIpc) is 3.14. The number of fused-ring (bicyclic) bond motifs is 1. The van der Waals surface area contributed by atoms with Crippen LogP contribution >= 0.6 is 11.3 Å². The first-order chi connectivity index (χ1) is 12.0. The summed E-state index contributed by atoms with van der Waals surface area (Å²) in [6.07, 6.45) is 2.57. The van der Waals surface area contributed by atoms with Gasteiger partial charge in [0.1, 0.15) is 10.8 Å². The monoisotopic (exact) mass is 353 g/mol. The predicted molar refractivity (Wildman–Crippen MR) is 102 cm³/mol. The summed E-state index contributed by atoms with van der Waals surface area (Å²) in [7, 11) is 0. The zero-order valence-electron chi connectivity index (χ0n) is 14.9. The van der Waals surface area contributed by atoms with Crippen LogP contribution in [0.2, 0.25) is 0 Å². The Hall–Kier alpha value is -1.95. The highest BCUT2D eigenvalue weighted by atomic mass is 32.1. The molecule has 3 heterocycles. The molecule has 0 N–H and O–H groups in total. The smallest absolute Gasteiger partial charge is 0.208 e. The first kappa shape index (κ1) is 15.3. The summed E-state index contributed by atoms with van der Waals surface area (Å²) in [6, 6.07) is 8.94. The van der Waals surface area contributed by atoms with Crippen molar-refractivity contribution >= 4 is 27.5 Å². The molecule has 2 aliphatic rings. The van der Waals surface area contributed by atoms with Crippen molar-refractivity contribution in [3.8, 4) is 0 Å². The Kier molecular flexibility index (Phi) is 3.23. The maximum Gasteiger partial charge on any atom is 0.208 e. The first-order valence-electron chi connectivity index (χ1n) is 9.06. The average molecular weight is 353 g/mol. The van der Waals surface area contributed by atoms with E-state index in [-0.39, 0.29) is 5.41 Å². The van der Waals surface area contributed by atoms with Crippen LogP contribution in [-0.4, -0.2) is 32.8 Å². The molecule has 1 aliphatic heterocycles. The molecule has 0 atom stereocenters. The lowest BCUT2D eigenvalue weighted by Gasteiger charge is -2.41. The lowest BCUT2D eigenvalue weighted by atomic mass is 9.94. The summed E-state index contributed by atoms with van der Waals surface area (Å²) < 4.78 is 2.45. The molecule has 2 aromatic heterocycles. The molecule has 5 rings (SSSR count). The number of rotatable bonds is 3. The van der Waals surface area contributed by atoms with Crippen LogP contribution in [0.4, 0.5) is 5.13 Å². The van der Waals surface area contributed by atoms with Gasteiger partial charge in [0.05, 0.1) is 17.1 Å². The molecule has 1 saturated carbocycles. The van der Waals surface area contributed by atoms with Gasteiger partial charge in [-0.2, -0.15) is 0 Å². The lowest BCUT2D eigenvalue weighted by molar-refractivity contribution is 0.372. The third kappa shape index (κ3) is 2.54. The van der Waals surface area contributed by atoms with Crippen molar-refractivity contribution in [2.75, 3.05) is 18.0 Å². The second-order valence-corrected chi connectivity index (χ2v) is 9.29. The highest BCUT2D eigenvalue weighted by molar-refractivity contribution is 7.15. The fourth-order valence-corrected chi connectivity index (χ4v) is 4.60. The zero-order valence-corrected chi connectivity index (χ0v) is 15.8. The third-order valence-electron chi connectivity index (χ3n) is 5.12. The molecule has 0 amide bonds. The molecule has 1 aromatic carbocycles. The van der Waals surface area contributed by atoms with Crippen molar-refractivity contribution in [2.45, 2.75) is 51.0 Å². The summed E-state index contributed by atoms with van der Waals surface area (Å²) in [5.41, 5.74) is 2.37. The molecule has 130 valence electrons. The number of benzene rings is 1. The van der Waals surface area contributed by atoms with Crippen molar-refractivity contribution < 1.29 is 0 Å². The number of anilines is 1. The SMILES string of the molecule is CC(C)(C)c1nc2ccccc2n1C1CN(c2nnc(C3CC3)s2)C1. The highest BCUT2D eigenvalue weighted by Gasteiger charge is 2.36. The molecule has 25 heavy (non-hydrogen) atoms. The van der Waals surface area contributed by atoms with E-state index in [1.807, 2.05) is 0 Å². The van der Waals surface area contributed by atoms with Gasteiger partial charge in [0.2, 0.25) is 5.13 Å². The van der Waals surface area contributed by atoms with Crippen molar-refractivity contribution in [1.29, 1.82) is 0 Å². The Labute approximate surface area is 151 Å². The quantitative estimate of drug-likeness (QED) is 0.710. The molecule has 0 spiro atoms. The van der Waals surface area contributed by atoms with Crippen molar-refractivity contribution in [1.82, 2.24) is 19.7 Å². The minimum atomic E-state index is 0.0291. The summed E-state index contributed by atoms with van der Waals surface area (Å²) in [4.78, 5) is 7.30. The minimum absolute atomic E-state index is 0.0291. The van der Waals surface area contributed by atoms with E-state index < -0.39 is 0 Å². The van der Waals surface area contributed by atoms with Crippen LogP contribution in [0.25, 0.3) is 11.0 Å². The van der Waals surface area contributed by atoms with Crippen LogP contribution in [0.3, 0.4) is 0 Å². The summed E-state index contributed by atoms with van der Waals surface area (Å²) in [5, 5.41) is 11.1. The van der Waals surface area contributed by atoms with E-state index in [2.05, 4.69) is 64.7 Å². The molecule has 6 heteroatoms. The minimum Gasteiger partial charge on any atom is -0.342 e. The number of imidazole rings is 1. The molecule has 0 unspecified atom stereocenters. The topological polar surface area (TPSA) is 46.8 Å². The van der Waals surface area contributed by atoms with Crippen LogP contribution in [0.15, 0.2) is 24.3 Å². The lowest BCUT2D eigenvalue weighted by Crippen LogP contribution is -2.48. The van der Waals surface area contributed by atoms with E-state index in [9.17, 15) is 0 Å². The van der Waals surface area contributed by atoms with Gasteiger partial charge in [-0.05, 0) is 25.0 Å². The number of para-hydroxylation sites is 2. The third-order valence-corrected chi connectivity index (χ3v) is 6.27. The van der Waals surface area contributed by atoms with E-state index in [0.717, 1.165) is 23.7 Å². The Morgan fingerprint density at radius 3 is 2.56 bits per heavy atom. The number of hydrogen-bond donors (Lipinski definition) is 0. The van der Waals surface area contributed by atoms with Gasteiger partial charge in [0, 0.05) is 24.4 Å². The van der Waals surface area contributed by atoms with Crippen LogP contribution in [0.1, 0.15) is 56.4 Å². The Bertz CT molecular complexity index is 925. The predicted octanol–water partition coefficient (Wildman–Crippen LogP) is 4.12. The molecular formula is C19H23N5S. The maximum atomic E-state index is 4.94. The Balaban J connectivity index is 1.44. The largest absolute Gasteiger partial charge is 0.342 e. The summed E-state index contributed by atoms with van der Waals surface area (Å²) in [6.45, 7) is 8.71. The van der Waals surface area contributed by atoms with Crippen LogP contribution in [-0.2, 0) is 5.41 Å². The molecule has 2 fully saturated rings. The Morgan fingerprint density at radius 1 is 1.08 bits per heavy atom. The Morgan fingerprint density at radius 2 is 1.84 bits per heavy atom. The van der Waals surface area contributed by atoms with Gasteiger partial charge in [-0.15, -0.1) is 10.2 Å². The molecule has 1 saturated heterocycles. The molecule has 3 aromatic rings. The van der Waals surface area contributed by atoms with E-state index in [1.54, 1.807) is 11.3 Å². The van der Waals surface area contributed by atoms with Crippen LogP contribution in [0.5, 0.6) is 0 Å². The first-order valence-corrected chi connectivity index (χ1v) is 9.88. The molecular weight excluding hydrogens is 330 g/mol. The summed E-state index contributed by atoms with van der Waals surface area (Å²) >= 11 is 1.78. The van der Waals surface area contributed by atoms with Gasteiger partial charge in [-0.25, -0.2) is 4.98 Å². The zero-order chi connectivity index (χ0) is 17.2. The standard InChI is InChI=1S/C19H23N5S/c1-19(2,3)17-20-14-6-4-5-7-15(14)24(17)13-10-23(11-13)18-22-21-16(25-18)12-8-9-12/h4-7,12-13H,8-11H2,1-3H3. The second-order valence-electron chi connectivity index (χ2n) is 8.30. The number of aromatic nitrogens is 4. The molecule has 0 bridgehead atoms. The van der Waals surface area contributed by atoms with Crippen molar-refractivity contribution in [3.63, 3.8) is 0 Å². The van der Waals surface area contributed by atoms with Gasteiger partial charge in [0.25, 0.3) is 0 Å². The van der Waals surface area contributed by atoms with Crippen molar-refractivity contribution in [3.05, 3.63) is 35.1 Å². The van der Waals surface area contributed by atoms with Gasteiger partial charge < -0.3 is 9.47 Å². The van der Waals surface area contributed by atoms with Gasteiger partial charge >= 0.3 is 0 Å². The second kappa shape index (κ2) is 5.27. The van der Waals surface area contributed by atoms with Gasteiger partial charge in [-0.3, -0.25) is 0 Å². The van der Waals surface area contributed by atoms with E-state index in [0.29, 0.717) is 12.0 Å². The fourth-order valence-electron chi connectivity index (χ4n) is 3.57. The van der Waals surface area contributed by atoms with Gasteiger partial charge in [0.15, 0.2) is 0 Å². The van der Waals surface area contributed by atoms with E-state index in [1.165, 1.54) is 29.2 Å². The normalized spacial score (nSPS) is 18.8. The fraction of sp³-hybridized carbons (Fsp3) is 0.526. The van der Waals surface area contributed by atoms with Gasteiger partial charge in [-0.1, -0.05) is 44.2 Å². The number of hydrogen-bond acceptors (Lipinski definition) is 5. The van der Waals surface area contributed by atoms with Crippen LogP contribution in [0, 0.1) is 0 Å². The van der Waals surface area contributed by atoms with E-state index in [4.69, 9.17) is 4.98 Å². The highest BCUT2D eigenvalue weighted by Crippen LogP contribution is 2.44. The van der Waals surface area contributed by atoms with Crippen LogP contribution < -0.4 is 4.90 Å². The summed E-state index contributed by atoms with van der Waals surface area (Å²) in [5.74, 6) is 1.86. The molecule has 1 aliphatic carbocycles. The number of nitrogens with zero attached hydrogens (tertiary/aromatic N) is 5. The molecule has 0 radical (unpaired) electrons. The van der Waals surface area contributed by atoms with Crippen molar-refractivity contribution in [2.24, 2.45) is 0 Å². The van der Waals surface area contributed by atoms with E-state index >= 15 is 0 Å².